The number of ether oxygens (including phenoxy) is 1. The van der Waals surface area contributed by atoms with Gasteiger partial charge in [-0.3, -0.25) is 0 Å². The quantitative estimate of drug-likeness (QED) is 0.403. The molecule has 0 atom stereocenters. The van der Waals surface area contributed by atoms with Gasteiger partial charge in [0.25, 0.3) is 0 Å². The SMILES string of the molecule is CCn1c(-c2nonc2N)nc2c(C#CCO)ncc(OCCCN)c21.Cl. The number of aromatic nitrogens is 5. The van der Waals surface area contributed by atoms with Crippen molar-refractivity contribution in [3.05, 3.63) is 11.9 Å². The smallest absolute Gasteiger partial charge is 0.199 e. The summed E-state index contributed by atoms with van der Waals surface area (Å²) in [6.07, 6.45) is 2.29. The van der Waals surface area contributed by atoms with Crippen LogP contribution in [0.25, 0.3) is 22.6 Å². The summed E-state index contributed by atoms with van der Waals surface area (Å²) in [5, 5.41) is 16.4. The van der Waals surface area contributed by atoms with Crippen LogP contribution in [0.1, 0.15) is 19.0 Å². The van der Waals surface area contributed by atoms with Crippen molar-refractivity contribution in [2.24, 2.45) is 5.73 Å². The minimum absolute atomic E-state index is 0. The molecule has 0 fully saturated rings. The van der Waals surface area contributed by atoms with Gasteiger partial charge in [0.15, 0.2) is 23.1 Å². The summed E-state index contributed by atoms with van der Waals surface area (Å²) in [7, 11) is 0. The van der Waals surface area contributed by atoms with E-state index in [-0.39, 0.29) is 24.8 Å². The second-order valence-electron chi connectivity index (χ2n) is 5.30. The highest BCUT2D eigenvalue weighted by Crippen LogP contribution is 2.33. The molecule has 0 aliphatic rings. The maximum Gasteiger partial charge on any atom is 0.199 e. The average Bonchev–Trinajstić information content (AvgIpc) is 3.24. The molecule has 3 aromatic rings. The monoisotopic (exact) mass is 393 g/mol. The molecule has 0 saturated carbocycles. The van der Waals surface area contributed by atoms with Gasteiger partial charge in [0.2, 0.25) is 0 Å². The number of anilines is 1. The first-order chi connectivity index (χ1) is 12.7. The summed E-state index contributed by atoms with van der Waals surface area (Å²) in [6.45, 7) is 3.22. The standard InChI is InChI=1S/C16H19N7O3.ClH/c1-2-23-14-11(25-8-4-6-17)9-19-10(5-3-7-24)12(14)20-16(23)13-15(18)22-26-21-13;/h9,24H,2,4,6-8,17H2,1H3,(H2,18,22);1H. The van der Waals surface area contributed by atoms with Crippen LogP contribution in [0.5, 0.6) is 5.75 Å². The molecule has 0 aliphatic carbocycles. The van der Waals surface area contributed by atoms with Crippen molar-refractivity contribution in [1.29, 1.82) is 0 Å². The van der Waals surface area contributed by atoms with Crippen LogP contribution >= 0.6 is 12.4 Å². The van der Waals surface area contributed by atoms with Gasteiger partial charge in [-0.2, -0.15) is 0 Å². The van der Waals surface area contributed by atoms with Gasteiger partial charge >= 0.3 is 0 Å². The number of fused-ring (bicyclic) bond motifs is 1. The Labute approximate surface area is 161 Å². The summed E-state index contributed by atoms with van der Waals surface area (Å²) in [5.74, 6) is 6.56. The van der Waals surface area contributed by atoms with Gasteiger partial charge in [-0.15, -0.1) is 12.4 Å². The molecule has 0 radical (unpaired) electrons. The first-order valence-electron chi connectivity index (χ1n) is 8.11. The van der Waals surface area contributed by atoms with E-state index in [1.807, 2.05) is 11.5 Å². The van der Waals surface area contributed by atoms with Crippen LogP contribution in [-0.2, 0) is 6.54 Å². The van der Waals surface area contributed by atoms with Crippen molar-refractivity contribution in [3.8, 4) is 29.1 Å². The van der Waals surface area contributed by atoms with Crippen LogP contribution in [0.2, 0.25) is 0 Å². The number of aryl methyl sites for hydroxylation is 1. The van der Waals surface area contributed by atoms with Gasteiger partial charge in [-0.05, 0) is 36.1 Å². The van der Waals surface area contributed by atoms with Crippen molar-refractivity contribution in [2.45, 2.75) is 19.9 Å². The summed E-state index contributed by atoms with van der Waals surface area (Å²) in [4.78, 5) is 8.91. The molecule has 3 heterocycles. The van der Waals surface area contributed by atoms with E-state index in [0.29, 0.717) is 60.1 Å². The predicted molar refractivity (Wildman–Crippen MR) is 101 cm³/mol. The van der Waals surface area contributed by atoms with Crippen molar-refractivity contribution >= 4 is 29.3 Å². The molecule has 0 amide bonds. The Morgan fingerprint density at radius 1 is 1.37 bits per heavy atom. The fraction of sp³-hybridized carbons (Fsp3) is 0.375. The molecule has 0 bridgehead atoms. The van der Waals surface area contributed by atoms with E-state index >= 15 is 0 Å². The van der Waals surface area contributed by atoms with Crippen molar-refractivity contribution in [1.82, 2.24) is 24.8 Å². The average molecular weight is 394 g/mol. The molecule has 3 rings (SSSR count). The molecular formula is C16H20ClN7O3. The normalized spacial score (nSPS) is 10.3. The lowest BCUT2D eigenvalue weighted by Gasteiger charge is -2.10. The Hall–Kier alpha value is -2.87. The second kappa shape index (κ2) is 9.18. The van der Waals surface area contributed by atoms with Gasteiger partial charge in [0.1, 0.15) is 23.3 Å². The number of halogens is 1. The lowest BCUT2D eigenvalue weighted by Crippen LogP contribution is -2.08. The maximum atomic E-state index is 8.98. The van der Waals surface area contributed by atoms with Gasteiger partial charge < -0.3 is 25.9 Å². The predicted octanol–water partition coefficient (Wildman–Crippen LogP) is 0.577. The highest BCUT2D eigenvalue weighted by molar-refractivity contribution is 5.89. The zero-order valence-corrected chi connectivity index (χ0v) is 15.5. The van der Waals surface area contributed by atoms with Crippen LogP contribution in [0.15, 0.2) is 10.8 Å². The van der Waals surface area contributed by atoms with Gasteiger partial charge in [0, 0.05) is 6.54 Å². The van der Waals surface area contributed by atoms with Crippen LogP contribution in [0.3, 0.4) is 0 Å². The number of hydrogen-bond donors (Lipinski definition) is 3. The van der Waals surface area contributed by atoms with E-state index in [2.05, 4.69) is 32.1 Å². The van der Waals surface area contributed by atoms with E-state index in [4.69, 9.17) is 25.9 Å². The number of nitrogens with zero attached hydrogens (tertiary/aromatic N) is 5. The molecule has 0 aliphatic heterocycles. The minimum atomic E-state index is -0.278. The number of rotatable bonds is 6. The molecule has 0 aromatic carbocycles. The fourth-order valence-corrected chi connectivity index (χ4v) is 2.54. The molecule has 3 aromatic heterocycles. The Bertz CT molecular complexity index is 974. The second-order valence-corrected chi connectivity index (χ2v) is 5.30. The number of aliphatic hydroxyl groups is 1. The number of aliphatic hydroxyl groups excluding tert-OH is 1. The lowest BCUT2D eigenvalue weighted by atomic mass is 10.2. The molecule has 27 heavy (non-hydrogen) atoms. The van der Waals surface area contributed by atoms with Gasteiger partial charge in [-0.25, -0.2) is 14.6 Å². The van der Waals surface area contributed by atoms with E-state index in [9.17, 15) is 0 Å². The number of imidazole rings is 1. The number of pyridine rings is 1. The van der Waals surface area contributed by atoms with Crippen LogP contribution in [0, 0.1) is 11.8 Å². The first kappa shape index (κ1) is 20.4. The molecular weight excluding hydrogens is 374 g/mol. The number of nitrogen functional groups attached to an aromatic ring is 1. The minimum Gasteiger partial charge on any atom is -0.490 e. The molecule has 10 nitrogen and oxygen atoms in total. The number of nitrogens with two attached hydrogens (primary N) is 2. The van der Waals surface area contributed by atoms with Gasteiger partial charge in [-0.1, -0.05) is 5.92 Å². The highest BCUT2D eigenvalue weighted by atomic mass is 35.5. The third-order valence-corrected chi connectivity index (χ3v) is 3.67. The Kier molecular flexibility index (Phi) is 6.95. The zero-order valence-electron chi connectivity index (χ0n) is 14.7. The molecule has 5 N–H and O–H groups in total. The lowest BCUT2D eigenvalue weighted by molar-refractivity contribution is 0.310. The molecule has 0 saturated heterocycles. The Balaban J connectivity index is 0.00000261. The third kappa shape index (κ3) is 3.95. The largest absolute Gasteiger partial charge is 0.490 e. The zero-order chi connectivity index (χ0) is 18.5. The molecule has 0 spiro atoms. The Morgan fingerprint density at radius 2 is 2.19 bits per heavy atom. The van der Waals surface area contributed by atoms with Gasteiger partial charge in [0.05, 0.1) is 12.8 Å². The van der Waals surface area contributed by atoms with Crippen molar-refractivity contribution in [3.63, 3.8) is 0 Å². The van der Waals surface area contributed by atoms with Crippen LogP contribution in [-0.4, -0.2) is 49.7 Å². The van der Waals surface area contributed by atoms with E-state index < -0.39 is 0 Å². The topological polar surface area (TPSA) is 151 Å². The van der Waals surface area contributed by atoms with Crippen molar-refractivity contribution < 1.29 is 14.5 Å². The summed E-state index contributed by atoms with van der Waals surface area (Å²) in [6, 6.07) is 0. The molecule has 0 unspecified atom stereocenters. The fourth-order valence-electron chi connectivity index (χ4n) is 2.54. The summed E-state index contributed by atoms with van der Waals surface area (Å²) >= 11 is 0. The molecule has 11 heteroatoms. The van der Waals surface area contributed by atoms with Crippen LogP contribution < -0.4 is 16.2 Å². The third-order valence-electron chi connectivity index (χ3n) is 3.67. The van der Waals surface area contributed by atoms with Crippen molar-refractivity contribution in [2.75, 3.05) is 25.5 Å². The Morgan fingerprint density at radius 3 is 2.81 bits per heavy atom. The number of hydrogen-bond acceptors (Lipinski definition) is 9. The van der Waals surface area contributed by atoms with Crippen LogP contribution in [0.4, 0.5) is 5.82 Å². The van der Waals surface area contributed by atoms with E-state index in [1.54, 1.807) is 6.20 Å². The van der Waals surface area contributed by atoms with E-state index in [0.717, 1.165) is 0 Å². The summed E-state index contributed by atoms with van der Waals surface area (Å²) < 4.78 is 12.4. The maximum absolute atomic E-state index is 8.98. The molecule has 144 valence electrons. The highest BCUT2D eigenvalue weighted by Gasteiger charge is 2.23. The summed E-state index contributed by atoms with van der Waals surface area (Å²) in [5.41, 5.74) is 13.3. The first-order valence-corrected chi connectivity index (χ1v) is 8.11. The van der Waals surface area contributed by atoms with E-state index in [1.165, 1.54) is 0 Å².